The summed E-state index contributed by atoms with van der Waals surface area (Å²) in [5, 5.41) is 10.5. The molecule has 0 unspecified atom stereocenters. The first-order chi connectivity index (χ1) is 9.28. The molecule has 1 heterocycles. The Hall–Kier alpha value is -1.50. The van der Waals surface area contributed by atoms with Crippen LogP contribution in [0.4, 0.5) is 0 Å². The van der Waals surface area contributed by atoms with E-state index in [1.807, 2.05) is 4.90 Å². The maximum absolute atomic E-state index is 11.7. The molecule has 2 aliphatic rings. The molecule has 2 rings (SSSR count). The Labute approximate surface area is 121 Å². The van der Waals surface area contributed by atoms with Crippen LogP contribution in [0.1, 0.15) is 47.0 Å². The zero-order valence-corrected chi connectivity index (χ0v) is 12.9. The van der Waals surface area contributed by atoms with Gasteiger partial charge in [0.25, 0.3) is 0 Å². The first-order valence-electron chi connectivity index (χ1n) is 7.34. The standard InChI is InChI=1S/C16H24N2O2/c1-6-16(4)13-7-8-18(11(2)19)10-15(13,3)9-12(17-5)14(16)20/h13,20H,6-10H2,1-4H3/t13-,15-,16-/m0/s1. The molecular weight excluding hydrogens is 252 g/mol. The Balaban J connectivity index is 2.46. The van der Waals surface area contributed by atoms with Gasteiger partial charge in [-0.05, 0) is 30.6 Å². The van der Waals surface area contributed by atoms with E-state index in [0.717, 1.165) is 19.4 Å². The molecule has 0 radical (unpaired) electrons. The van der Waals surface area contributed by atoms with E-state index in [1.165, 1.54) is 0 Å². The molecule has 0 spiro atoms. The van der Waals surface area contributed by atoms with Crippen molar-refractivity contribution in [3.05, 3.63) is 22.9 Å². The molecule has 0 saturated carbocycles. The summed E-state index contributed by atoms with van der Waals surface area (Å²) < 4.78 is 0. The molecule has 1 saturated heterocycles. The van der Waals surface area contributed by atoms with Crippen molar-refractivity contribution >= 4 is 5.91 Å². The number of amides is 1. The van der Waals surface area contributed by atoms with Gasteiger partial charge in [-0.25, -0.2) is 4.85 Å². The Morgan fingerprint density at radius 3 is 2.70 bits per heavy atom. The highest BCUT2D eigenvalue weighted by atomic mass is 16.3. The van der Waals surface area contributed by atoms with Crippen molar-refractivity contribution in [2.24, 2.45) is 16.7 Å². The second-order valence-corrected chi connectivity index (χ2v) is 6.79. The Morgan fingerprint density at radius 2 is 2.20 bits per heavy atom. The molecule has 4 nitrogen and oxygen atoms in total. The number of allylic oxidation sites excluding steroid dienone is 2. The second kappa shape index (κ2) is 4.80. The lowest BCUT2D eigenvalue weighted by molar-refractivity contribution is -0.137. The summed E-state index contributed by atoms with van der Waals surface area (Å²) >= 11 is 0. The number of piperidine rings is 1. The highest BCUT2D eigenvalue weighted by Gasteiger charge is 2.54. The predicted octanol–water partition coefficient (Wildman–Crippen LogP) is 3.37. The van der Waals surface area contributed by atoms with Crippen molar-refractivity contribution < 1.29 is 9.90 Å². The van der Waals surface area contributed by atoms with Gasteiger partial charge in [0.1, 0.15) is 5.76 Å². The van der Waals surface area contributed by atoms with E-state index in [-0.39, 0.29) is 22.5 Å². The van der Waals surface area contributed by atoms with Crippen LogP contribution in [0.3, 0.4) is 0 Å². The summed E-state index contributed by atoms with van der Waals surface area (Å²) in [6.45, 7) is 16.7. The predicted molar refractivity (Wildman–Crippen MR) is 77.7 cm³/mol. The SMILES string of the molecule is [C-]#[N+]C1=C(O)[C@@](C)(CC)[C@H]2CCN(C(C)=O)C[C@]2(C)C1. The van der Waals surface area contributed by atoms with Crippen LogP contribution in [0.2, 0.25) is 0 Å². The van der Waals surface area contributed by atoms with Crippen molar-refractivity contribution in [3.63, 3.8) is 0 Å². The largest absolute Gasteiger partial charge is 0.523 e. The summed E-state index contributed by atoms with van der Waals surface area (Å²) in [5.74, 6) is 0.709. The number of carbonyl (C=O) groups is 1. The van der Waals surface area contributed by atoms with Gasteiger partial charge >= 0.3 is 0 Å². The van der Waals surface area contributed by atoms with E-state index >= 15 is 0 Å². The van der Waals surface area contributed by atoms with Gasteiger partial charge in [-0.15, -0.1) is 0 Å². The topological polar surface area (TPSA) is 44.9 Å². The fourth-order valence-corrected chi connectivity index (χ4v) is 4.26. The third kappa shape index (κ3) is 2.00. The number of hydrogen-bond donors (Lipinski definition) is 1. The second-order valence-electron chi connectivity index (χ2n) is 6.79. The number of aliphatic hydroxyl groups excluding tert-OH is 1. The van der Waals surface area contributed by atoms with E-state index < -0.39 is 0 Å². The summed E-state index contributed by atoms with van der Waals surface area (Å²) in [4.78, 5) is 17.1. The van der Waals surface area contributed by atoms with Crippen molar-refractivity contribution in [2.45, 2.75) is 47.0 Å². The minimum absolute atomic E-state index is 0.103. The van der Waals surface area contributed by atoms with Crippen LogP contribution in [0.15, 0.2) is 11.5 Å². The van der Waals surface area contributed by atoms with Gasteiger partial charge < -0.3 is 10.0 Å². The number of fused-ring (bicyclic) bond motifs is 1. The Bertz CT molecular complexity index is 505. The molecule has 1 aliphatic heterocycles. The van der Waals surface area contributed by atoms with E-state index in [4.69, 9.17) is 6.57 Å². The summed E-state index contributed by atoms with van der Waals surface area (Å²) in [6, 6.07) is 0. The highest BCUT2D eigenvalue weighted by molar-refractivity contribution is 5.73. The Morgan fingerprint density at radius 1 is 1.55 bits per heavy atom. The molecule has 110 valence electrons. The lowest BCUT2D eigenvalue weighted by Crippen LogP contribution is -2.55. The van der Waals surface area contributed by atoms with Crippen molar-refractivity contribution in [2.75, 3.05) is 13.1 Å². The zero-order chi connectivity index (χ0) is 15.1. The van der Waals surface area contributed by atoms with Crippen LogP contribution in [0, 0.1) is 23.3 Å². The molecule has 0 aromatic heterocycles. The summed E-state index contributed by atoms with van der Waals surface area (Å²) in [6.07, 6.45) is 2.29. The minimum atomic E-state index is -0.338. The molecule has 1 aliphatic carbocycles. The molecular formula is C16H24N2O2. The van der Waals surface area contributed by atoms with Crippen LogP contribution in [0.5, 0.6) is 0 Å². The van der Waals surface area contributed by atoms with Gasteiger partial charge in [0.15, 0.2) is 0 Å². The number of hydrogen-bond acceptors (Lipinski definition) is 2. The smallest absolute Gasteiger partial charge is 0.219 e. The van der Waals surface area contributed by atoms with Gasteiger partial charge in [0.05, 0.1) is 6.57 Å². The lowest BCUT2D eigenvalue weighted by Gasteiger charge is -2.56. The average molecular weight is 276 g/mol. The first-order valence-corrected chi connectivity index (χ1v) is 7.34. The minimum Gasteiger partial charge on any atom is -0.523 e. The number of carbonyl (C=O) groups excluding carboxylic acids is 1. The maximum atomic E-state index is 11.7. The van der Waals surface area contributed by atoms with Crippen LogP contribution >= 0.6 is 0 Å². The van der Waals surface area contributed by atoms with Crippen LogP contribution in [0.25, 0.3) is 4.85 Å². The normalized spacial score (nSPS) is 37.4. The summed E-state index contributed by atoms with van der Waals surface area (Å²) in [7, 11) is 0. The number of rotatable bonds is 1. The van der Waals surface area contributed by atoms with E-state index in [9.17, 15) is 9.90 Å². The van der Waals surface area contributed by atoms with Crippen LogP contribution < -0.4 is 0 Å². The molecule has 0 bridgehead atoms. The Kier molecular flexibility index (Phi) is 3.58. The van der Waals surface area contributed by atoms with Crippen molar-refractivity contribution in [3.8, 4) is 0 Å². The molecule has 0 aromatic carbocycles. The number of nitrogens with zero attached hydrogens (tertiary/aromatic N) is 2. The van der Waals surface area contributed by atoms with E-state index in [2.05, 4.69) is 25.6 Å². The fraction of sp³-hybridized carbons (Fsp3) is 0.750. The van der Waals surface area contributed by atoms with Crippen molar-refractivity contribution in [1.82, 2.24) is 4.90 Å². The van der Waals surface area contributed by atoms with Crippen LogP contribution in [-0.4, -0.2) is 29.0 Å². The first kappa shape index (κ1) is 14.9. The van der Waals surface area contributed by atoms with Gasteiger partial charge in [-0.2, -0.15) is 0 Å². The van der Waals surface area contributed by atoms with Gasteiger partial charge in [-0.3, -0.25) is 4.79 Å². The third-order valence-corrected chi connectivity index (χ3v) is 5.55. The molecule has 0 aromatic rings. The molecule has 3 atom stereocenters. The quantitative estimate of drug-likeness (QED) is 0.746. The highest BCUT2D eigenvalue weighted by Crippen LogP contribution is 2.57. The zero-order valence-electron chi connectivity index (χ0n) is 12.9. The lowest BCUT2D eigenvalue weighted by atomic mass is 9.53. The summed E-state index contributed by atoms with van der Waals surface area (Å²) in [5.41, 5.74) is 0.0369. The molecule has 1 amide bonds. The molecule has 1 N–H and O–H groups in total. The molecule has 1 fully saturated rings. The monoisotopic (exact) mass is 276 g/mol. The van der Waals surface area contributed by atoms with Crippen molar-refractivity contribution in [1.29, 1.82) is 0 Å². The molecule has 20 heavy (non-hydrogen) atoms. The number of aliphatic hydroxyl groups is 1. The number of likely N-dealkylation sites (tertiary alicyclic amines) is 1. The third-order valence-electron chi connectivity index (χ3n) is 5.55. The maximum Gasteiger partial charge on any atom is 0.219 e. The van der Waals surface area contributed by atoms with Gasteiger partial charge in [0.2, 0.25) is 11.6 Å². The van der Waals surface area contributed by atoms with E-state index in [0.29, 0.717) is 24.6 Å². The van der Waals surface area contributed by atoms with Crippen LogP contribution in [-0.2, 0) is 4.79 Å². The molecule has 4 heteroatoms. The van der Waals surface area contributed by atoms with Gasteiger partial charge in [0, 0.05) is 25.4 Å². The fourth-order valence-electron chi connectivity index (χ4n) is 4.26. The average Bonchev–Trinajstić information content (AvgIpc) is 2.42. The van der Waals surface area contributed by atoms with Gasteiger partial charge in [-0.1, -0.05) is 20.8 Å². The van der Waals surface area contributed by atoms with E-state index in [1.54, 1.807) is 6.92 Å².